The van der Waals surface area contributed by atoms with Crippen molar-refractivity contribution in [3.63, 3.8) is 0 Å². The van der Waals surface area contributed by atoms with Crippen LogP contribution in [0.4, 0.5) is 31.3 Å². The average Bonchev–Trinajstić information content (AvgIpc) is 3.69. The van der Waals surface area contributed by atoms with Crippen molar-refractivity contribution < 1.29 is 35.8 Å². The lowest BCUT2D eigenvalue weighted by Crippen LogP contribution is -2.49. The third-order valence-electron chi connectivity index (χ3n) is 10.9. The number of ether oxygens (including phenoxy) is 2. The number of halogens is 6. The number of anilines is 1. The molecular formula is C34H32F6N6O2S. The molecule has 15 heteroatoms. The van der Waals surface area contributed by atoms with Crippen LogP contribution in [-0.4, -0.2) is 65.5 Å². The highest BCUT2D eigenvalue weighted by Gasteiger charge is 2.50. The first kappa shape index (κ1) is 32.3. The number of nitrogens with two attached hydrogens (primary N) is 1. The standard InChI is InChI=1S/C34H32F6N6O2S/c35-17-11-33(4-1-9-46(33)15-17)16-47-31-44-27-20(30(45-31)48-18-12-32(13-18)5-7-43-8-6-32)10-22(34(38,39)40)25(26(27)37)19-2-3-23(36)28-24(19)21(14-41)29(42)49-28/h2-3,10,17-18,43H,1,4-9,11-13,15-16,42H2. The number of piperidine rings is 1. The fourth-order valence-corrected chi connectivity index (χ4v) is 9.44. The van der Waals surface area contributed by atoms with Gasteiger partial charge in [-0.3, -0.25) is 4.90 Å². The Morgan fingerprint density at radius 2 is 1.90 bits per heavy atom. The predicted molar refractivity (Wildman–Crippen MR) is 171 cm³/mol. The topological polar surface area (TPSA) is 109 Å². The molecular weight excluding hydrogens is 670 g/mol. The molecule has 49 heavy (non-hydrogen) atoms. The maximum atomic E-state index is 16.9. The van der Waals surface area contributed by atoms with Gasteiger partial charge >= 0.3 is 12.2 Å². The van der Waals surface area contributed by atoms with Gasteiger partial charge in [0.25, 0.3) is 0 Å². The van der Waals surface area contributed by atoms with Crippen LogP contribution < -0.4 is 20.5 Å². The molecule has 3 aliphatic heterocycles. The van der Waals surface area contributed by atoms with Crippen LogP contribution in [0.2, 0.25) is 0 Å². The van der Waals surface area contributed by atoms with Gasteiger partial charge in [0, 0.05) is 23.9 Å². The minimum absolute atomic E-state index is 0.00527. The van der Waals surface area contributed by atoms with Crippen molar-refractivity contribution in [2.45, 2.75) is 68.9 Å². The van der Waals surface area contributed by atoms with Crippen LogP contribution in [0.1, 0.15) is 56.1 Å². The molecule has 3 N–H and O–H groups in total. The summed E-state index contributed by atoms with van der Waals surface area (Å²) in [5.41, 5.74) is 2.04. The Morgan fingerprint density at radius 3 is 2.63 bits per heavy atom. The first-order valence-electron chi connectivity index (χ1n) is 16.3. The van der Waals surface area contributed by atoms with E-state index in [1.807, 2.05) is 11.0 Å². The highest BCUT2D eigenvalue weighted by Crippen LogP contribution is 2.51. The lowest BCUT2D eigenvalue weighted by atomic mass is 9.62. The highest BCUT2D eigenvalue weighted by molar-refractivity contribution is 7.23. The van der Waals surface area contributed by atoms with Gasteiger partial charge in [0.05, 0.1) is 26.8 Å². The number of nitrogens with zero attached hydrogens (tertiary/aromatic N) is 4. The van der Waals surface area contributed by atoms with Gasteiger partial charge in [-0.25, -0.2) is 13.2 Å². The summed E-state index contributed by atoms with van der Waals surface area (Å²) in [4.78, 5) is 10.7. The average molecular weight is 703 g/mol. The molecule has 3 saturated heterocycles. The fraction of sp³-hybridized carbons (Fsp3) is 0.500. The van der Waals surface area contributed by atoms with Gasteiger partial charge in [0.2, 0.25) is 5.88 Å². The molecule has 1 spiro atoms. The van der Waals surface area contributed by atoms with Crippen molar-refractivity contribution in [2.24, 2.45) is 5.41 Å². The second-order valence-electron chi connectivity index (χ2n) is 13.8. The van der Waals surface area contributed by atoms with Gasteiger partial charge in [-0.2, -0.15) is 28.4 Å². The highest BCUT2D eigenvalue weighted by atomic mass is 32.1. The number of thiophene rings is 1. The largest absolute Gasteiger partial charge is 0.474 e. The molecule has 2 aromatic heterocycles. The molecule has 4 aromatic rings. The summed E-state index contributed by atoms with van der Waals surface area (Å²) in [6, 6.07) is 4.18. The minimum Gasteiger partial charge on any atom is -0.474 e. The third-order valence-corrected chi connectivity index (χ3v) is 11.9. The number of fused-ring (bicyclic) bond motifs is 3. The van der Waals surface area contributed by atoms with Crippen LogP contribution in [0.5, 0.6) is 11.9 Å². The van der Waals surface area contributed by atoms with Crippen molar-refractivity contribution in [1.82, 2.24) is 20.2 Å². The molecule has 5 heterocycles. The number of nitrogens with one attached hydrogen (secondary N) is 1. The molecule has 1 aliphatic carbocycles. The normalized spacial score (nSPS) is 24.0. The molecule has 4 aliphatic rings. The number of hydrogen-bond acceptors (Lipinski definition) is 9. The van der Waals surface area contributed by atoms with E-state index in [4.69, 9.17) is 15.2 Å². The maximum absolute atomic E-state index is 16.9. The Bertz CT molecular complexity index is 2020. The van der Waals surface area contributed by atoms with Gasteiger partial charge in [-0.15, -0.1) is 11.3 Å². The van der Waals surface area contributed by atoms with Crippen LogP contribution in [0.15, 0.2) is 18.2 Å². The van der Waals surface area contributed by atoms with Crippen molar-refractivity contribution in [2.75, 3.05) is 38.5 Å². The summed E-state index contributed by atoms with van der Waals surface area (Å²) in [6.45, 7) is 2.71. The zero-order chi connectivity index (χ0) is 34.3. The van der Waals surface area contributed by atoms with Crippen molar-refractivity contribution in [3.8, 4) is 29.1 Å². The van der Waals surface area contributed by atoms with Crippen molar-refractivity contribution in [1.29, 1.82) is 5.26 Å². The van der Waals surface area contributed by atoms with Crippen LogP contribution >= 0.6 is 11.3 Å². The molecule has 8 rings (SSSR count). The maximum Gasteiger partial charge on any atom is 0.417 e. The number of hydrogen-bond donors (Lipinski definition) is 2. The first-order valence-corrected chi connectivity index (χ1v) is 17.1. The molecule has 1 saturated carbocycles. The van der Waals surface area contributed by atoms with E-state index in [-0.39, 0.29) is 74.6 Å². The third kappa shape index (κ3) is 5.34. The van der Waals surface area contributed by atoms with Gasteiger partial charge in [0.1, 0.15) is 41.3 Å². The molecule has 0 radical (unpaired) electrons. The lowest BCUT2D eigenvalue weighted by Gasteiger charge is -2.49. The Hall–Kier alpha value is -3.87. The van der Waals surface area contributed by atoms with E-state index in [1.165, 1.54) is 0 Å². The van der Waals surface area contributed by atoms with E-state index in [1.54, 1.807) is 0 Å². The Kier molecular flexibility index (Phi) is 7.66. The molecule has 8 nitrogen and oxygen atoms in total. The number of alkyl halides is 4. The van der Waals surface area contributed by atoms with Crippen molar-refractivity contribution >= 4 is 37.3 Å². The summed E-state index contributed by atoms with van der Waals surface area (Å²) in [6.07, 6.45) is -1.46. The number of benzene rings is 2. The lowest BCUT2D eigenvalue weighted by molar-refractivity contribution is -0.137. The van der Waals surface area contributed by atoms with Gasteiger partial charge in [0.15, 0.2) is 5.82 Å². The minimum atomic E-state index is -5.09. The summed E-state index contributed by atoms with van der Waals surface area (Å²) in [7, 11) is 0. The van der Waals surface area contributed by atoms with Crippen LogP contribution in [-0.2, 0) is 6.18 Å². The molecule has 0 bridgehead atoms. The van der Waals surface area contributed by atoms with E-state index in [0.29, 0.717) is 37.1 Å². The molecule has 258 valence electrons. The Morgan fingerprint density at radius 1 is 1.12 bits per heavy atom. The second-order valence-corrected chi connectivity index (χ2v) is 14.9. The Balaban J connectivity index is 1.28. The molecule has 2 unspecified atom stereocenters. The number of nitriles is 1. The number of rotatable bonds is 6. The van der Waals surface area contributed by atoms with Gasteiger partial charge < -0.3 is 20.5 Å². The van der Waals surface area contributed by atoms with E-state index >= 15 is 4.39 Å². The smallest absolute Gasteiger partial charge is 0.417 e. The zero-order valence-electron chi connectivity index (χ0n) is 26.2. The van der Waals surface area contributed by atoms with Crippen LogP contribution in [0.25, 0.3) is 32.1 Å². The molecule has 4 fully saturated rings. The molecule has 0 amide bonds. The second kappa shape index (κ2) is 11.6. The van der Waals surface area contributed by atoms with Crippen molar-refractivity contribution in [3.05, 3.63) is 41.0 Å². The van der Waals surface area contributed by atoms with E-state index in [9.17, 15) is 27.2 Å². The molecule has 2 aromatic carbocycles. The zero-order valence-corrected chi connectivity index (χ0v) is 27.0. The summed E-state index contributed by atoms with van der Waals surface area (Å²) in [5.74, 6) is -2.42. The van der Waals surface area contributed by atoms with E-state index < -0.39 is 46.2 Å². The quantitative estimate of drug-likeness (QED) is 0.205. The summed E-state index contributed by atoms with van der Waals surface area (Å²) >= 11 is 0.693. The van der Waals surface area contributed by atoms with E-state index in [2.05, 4.69) is 15.3 Å². The fourth-order valence-electron chi connectivity index (χ4n) is 8.49. The van der Waals surface area contributed by atoms with Crippen LogP contribution in [0.3, 0.4) is 0 Å². The summed E-state index contributed by atoms with van der Waals surface area (Å²) < 4.78 is 103. The predicted octanol–water partition coefficient (Wildman–Crippen LogP) is 7.13. The van der Waals surface area contributed by atoms with Crippen LogP contribution in [0, 0.1) is 28.4 Å². The SMILES string of the molecule is N#Cc1c(N)sc2c(F)ccc(-c3c(C(F)(F)F)cc4c(OC5CC6(CCNCC6)C5)nc(OCC56CCCN5CC(F)C6)nc4c3F)c12. The number of aromatic nitrogens is 2. The Labute approximate surface area is 281 Å². The summed E-state index contributed by atoms with van der Waals surface area (Å²) in [5, 5.41) is 12.5. The number of nitrogen functional groups attached to an aromatic ring is 1. The van der Waals surface area contributed by atoms with Gasteiger partial charge in [-0.05, 0) is 81.3 Å². The van der Waals surface area contributed by atoms with Gasteiger partial charge in [-0.1, -0.05) is 6.07 Å². The first-order chi connectivity index (χ1) is 23.4. The monoisotopic (exact) mass is 702 g/mol. The molecule has 2 atom stereocenters. The van der Waals surface area contributed by atoms with E-state index in [0.717, 1.165) is 50.6 Å².